The zero-order chi connectivity index (χ0) is 16.1. The SMILES string of the molecule is CN(CCC#N)C(=O)CSc1nc2ccc([N+](=O)[O-])cc2s1. The fraction of sp³-hybridized carbons (Fsp3) is 0.308. The number of carbonyl (C=O) groups is 1. The maximum absolute atomic E-state index is 11.9. The third kappa shape index (κ3) is 3.93. The molecular weight excluding hydrogens is 324 g/mol. The number of nitriles is 1. The molecule has 0 N–H and O–H groups in total. The number of thiazole rings is 1. The van der Waals surface area contributed by atoms with Crippen LogP contribution in [0.3, 0.4) is 0 Å². The number of hydrogen-bond acceptors (Lipinski definition) is 7. The van der Waals surface area contributed by atoms with Crippen LogP contribution in [0.15, 0.2) is 22.5 Å². The summed E-state index contributed by atoms with van der Waals surface area (Å²) in [5.74, 6) is 0.148. The molecule has 7 nitrogen and oxygen atoms in total. The van der Waals surface area contributed by atoms with Gasteiger partial charge in [0.15, 0.2) is 4.34 Å². The van der Waals surface area contributed by atoms with Gasteiger partial charge in [0.25, 0.3) is 5.69 Å². The Morgan fingerprint density at radius 2 is 2.36 bits per heavy atom. The van der Waals surface area contributed by atoms with Crippen LogP contribution in [0.4, 0.5) is 5.69 Å². The van der Waals surface area contributed by atoms with E-state index < -0.39 is 4.92 Å². The number of thioether (sulfide) groups is 1. The van der Waals surface area contributed by atoms with Gasteiger partial charge in [-0.2, -0.15) is 5.26 Å². The fourth-order valence-electron chi connectivity index (χ4n) is 1.64. The van der Waals surface area contributed by atoms with Gasteiger partial charge in [0, 0.05) is 25.7 Å². The van der Waals surface area contributed by atoms with Crippen LogP contribution >= 0.6 is 23.1 Å². The van der Waals surface area contributed by atoms with E-state index in [1.165, 1.54) is 40.1 Å². The molecule has 0 atom stereocenters. The van der Waals surface area contributed by atoms with Gasteiger partial charge in [-0.15, -0.1) is 11.3 Å². The lowest BCUT2D eigenvalue weighted by molar-refractivity contribution is -0.384. The number of non-ortho nitro benzene ring substituents is 1. The predicted molar refractivity (Wildman–Crippen MR) is 84.9 cm³/mol. The molecular formula is C13H12N4O3S2. The molecule has 9 heteroatoms. The second kappa shape index (κ2) is 7.20. The number of rotatable bonds is 6. The molecule has 0 radical (unpaired) electrons. The molecule has 1 amide bonds. The van der Waals surface area contributed by atoms with E-state index >= 15 is 0 Å². The molecule has 0 aliphatic heterocycles. The van der Waals surface area contributed by atoms with Gasteiger partial charge < -0.3 is 4.90 Å². The number of hydrogen-bond donors (Lipinski definition) is 0. The van der Waals surface area contributed by atoms with Crippen LogP contribution < -0.4 is 0 Å². The second-order valence-electron chi connectivity index (χ2n) is 4.40. The van der Waals surface area contributed by atoms with E-state index in [0.717, 1.165) is 4.70 Å². The minimum atomic E-state index is -0.445. The van der Waals surface area contributed by atoms with E-state index in [2.05, 4.69) is 4.98 Å². The number of amides is 1. The molecule has 0 unspecified atom stereocenters. The molecule has 0 aliphatic rings. The van der Waals surface area contributed by atoms with E-state index in [0.29, 0.717) is 22.8 Å². The van der Waals surface area contributed by atoms with Crippen molar-refractivity contribution in [3.63, 3.8) is 0 Å². The van der Waals surface area contributed by atoms with Crippen LogP contribution in [0.5, 0.6) is 0 Å². The third-order valence-corrected chi connectivity index (χ3v) is 5.01. The van der Waals surface area contributed by atoms with E-state index in [9.17, 15) is 14.9 Å². The Bertz CT molecular complexity index is 753. The average molecular weight is 336 g/mol. The largest absolute Gasteiger partial charge is 0.344 e. The molecule has 1 heterocycles. The lowest BCUT2D eigenvalue weighted by Gasteiger charge is -2.14. The molecule has 0 bridgehead atoms. The van der Waals surface area contributed by atoms with Crippen molar-refractivity contribution in [2.24, 2.45) is 0 Å². The molecule has 0 saturated heterocycles. The summed E-state index contributed by atoms with van der Waals surface area (Å²) in [5.41, 5.74) is 0.711. The van der Waals surface area contributed by atoms with Gasteiger partial charge in [0.05, 0.1) is 33.4 Å². The van der Waals surface area contributed by atoms with Crippen LogP contribution in [0.2, 0.25) is 0 Å². The maximum atomic E-state index is 11.9. The van der Waals surface area contributed by atoms with Crippen LogP contribution in [-0.4, -0.2) is 40.1 Å². The molecule has 0 aliphatic carbocycles. The predicted octanol–water partition coefficient (Wildman–Crippen LogP) is 2.67. The zero-order valence-electron chi connectivity index (χ0n) is 11.7. The van der Waals surface area contributed by atoms with Gasteiger partial charge in [0.2, 0.25) is 5.91 Å². The first-order chi connectivity index (χ1) is 10.5. The van der Waals surface area contributed by atoms with Crippen molar-refractivity contribution >= 4 is 44.9 Å². The molecule has 2 aromatic rings. The first-order valence-corrected chi connectivity index (χ1v) is 8.10. The molecule has 114 valence electrons. The van der Waals surface area contributed by atoms with Crippen molar-refractivity contribution in [1.29, 1.82) is 5.26 Å². The van der Waals surface area contributed by atoms with Gasteiger partial charge in [-0.05, 0) is 6.07 Å². The van der Waals surface area contributed by atoms with E-state index in [1.807, 2.05) is 6.07 Å². The summed E-state index contributed by atoms with van der Waals surface area (Å²) >= 11 is 2.62. The minimum Gasteiger partial charge on any atom is -0.344 e. The Balaban J connectivity index is 2.02. The van der Waals surface area contributed by atoms with Crippen LogP contribution in [0, 0.1) is 21.4 Å². The number of benzene rings is 1. The van der Waals surface area contributed by atoms with Crippen molar-refractivity contribution in [1.82, 2.24) is 9.88 Å². The minimum absolute atomic E-state index is 0.0278. The molecule has 1 aromatic heterocycles. The molecule has 0 fully saturated rings. The Labute approximate surface area is 134 Å². The van der Waals surface area contributed by atoms with Gasteiger partial charge in [-0.25, -0.2) is 4.98 Å². The molecule has 2 rings (SSSR count). The topological polar surface area (TPSA) is 100 Å². The van der Waals surface area contributed by atoms with Crippen molar-refractivity contribution in [2.45, 2.75) is 10.8 Å². The van der Waals surface area contributed by atoms with Gasteiger partial charge in [-0.3, -0.25) is 14.9 Å². The number of nitro benzene ring substituents is 1. The van der Waals surface area contributed by atoms with Gasteiger partial charge in [-0.1, -0.05) is 11.8 Å². The summed E-state index contributed by atoms with van der Waals surface area (Å²) in [6.07, 6.45) is 0.303. The Kier molecular flexibility index (Phi) is 5.30. The summed E-state index contributed by atoms with van der Waals surface area (Å²) in [4.78, 5) is 28.0. The third-order valence-electron chi connectivity index (χ3n) is 2.87. The fourth-order valence-corrected chi connectivity index (χ4v) is 3.69. The van der Waals surface area contributed by atoms with Crippen molar-refractivity contribution in [2.75, 3.05) is 19.3 Å². The Morgan fingerprint density at radius 1 is 1.59 bits per heavy atom. The maximum Gasteiger partial charge on any atom is 0.270 e. The molecule has 1 aromatic carbocycles. The Morgan fingerprint density at radius 3 is 3.05 bits per heavy atom. The highest BCUT2D eigenvalue weighted by Gasteiger charge is 2.13. The lowest BCUT2D eigenvalue weighted by Crippen LogP contribution is -2.29. The summed E-state index contributed by atoms with van der Waals surface area (Å²) in [7, 11) is 1.65. The second-order valence-corrected chi connectivity index (χ2v) is 6.65. The normalized spacial score (nSPS) is 10.4. The van der Waals surface area contributed by atoms with Gasteiger partial charge in [0.1, 0.15) is 0 Å². The summed E-state index contributed by atoms with van der Waals surface area (Å²) in [6.45, 7) is 0.405. The number of nitro groups is 1. The van der Waals surface area contributed by atoms with E-state index in [4.69, 9.17) is 5.26 Å². The average Bonchev–Trinajstić information content (AvgIpc) is 2.91. The molecule has 22 heavy (non-hydrogen) atoms. The number of carbonyl (C=O) groups excluding carboxylic acids is 1. The highest BCUT2D eigenvalue weighted by atomic mass is 32.2. The first kappa shape index (κ1) is 16.2. The quantitative estimate of drug-likeness (QED) is 0.457. The zero-order valence-corrected chi connectivity index (χ0v) is 13.3. The van der Waals surface area contributed by atoms with Crippen LogP contribution in [0.1, 0.15) is 6.42 Å². The number of aromatic nitrogens is 1. The van der Waals surface area contributed by atoms with Crippen molar-refractivity contribution in [3.8, 4) is 6.07 Å². The summed E-state index contributed by atoms with van der Waals surface area (Å²) < 4.78 is 1.42. The summed E-state index contributed by atoms with van der Waals surface area (Å²) in [5, 5.41) is 19.2. The highest BCUT2D eigenvalue weighted by molar-refractivity contribution is 8.01. The van der Waals surface area contributed by atoms with Gasteiger partial charge >= 0.3 is 0 Å². The lowest BCUT2D eigenvalue weighted by atomic mass is 10.3. The highest BCUT2D eigenvalue weighted by Crippen LogP contribution is 2.31. The van der Waals surface area contributed by atoms with E-state index in [-0.39, 0.29) is 17.3 Å². The van der Waals surface area contributed by atoms with Crippen LogP contribution in [-0.2, 0) is 4.79 Å². The van der Waals surface area contributed by atoms with E-state index in [1.54, 1.807) is 13.1 Å². The smallest absolute Gasteiger partial charge is 0.270 e. The Hall–Kier alpha value is -2.18. The number of nitrogens with zero attached hydrogens (tertiary/aromatic N) is 4. The molecule has 0 saturated carbocycles. The van der Waals surface area contributed by atoms with Crippen molar-refractivity contribution < 1.29 is 9.72 Å². The van der Waals surface area contributed by atoms with Crippen molar-refractivity contribution in [3.05, 3.63) is 28.3 Å². The summed E-state index contributed by atoms with van der Waals surface area (Å²) in [6, 6.07) is 6.50. The van der Waals surface area contributed by atoms with Crippen LogP contribution in [0.25, 0.3) is 10.2 Å². The first-order valence-electron chi connectivity index (χ1n) is 6.30. The standard InChI is InChI=1S/C13H12N4O3S2/c1-16(6-2-5-14)12(18)8-21-13-15-10-4-3-9(17(19)20)7-11(10)22-13/h3-4,7H,2,6,8H2,1H3. The molecule has 0 spiro atoms. The number of fused-ring (bicyclic) bond motifs is 1. The monoisotopic (exact) mass is 336 g/mol.